The van der Waals surface area contributed by atoms with Crippen molar-refractivity contribution >= 4 is 10.0 Å². The molecule has 0 aromatic heterocycles. The highest BCUT2D eigenvalue weighted by molar-refractivity contribution is 7.89. The smallest absolute Gasteiger partial charge is 0.243 e. The zero-order valence-electron chi connectivity index (χ0n) is 12.5. The quantitative estimate of drug-likeness (QED) is 0.905. The van der Waals surface area contributed by atoms with Gasteiger partial charge in [-0.15, -0.1) is 0 Å². The molecular formula is C15H24N2O2S. The van der Waals surface area contributed by atoms with Crippen molar-refractivity contribution in [1.82, 2.24) is 9.62 Å². The molecule has 2 rings (SSSR count). The molecule has 5 heteroatoms. The highest BCUT2D eigenvalue weighted by atomic mass is 32.2. The number of rotatable bonds is 5. The second-order valence-corrected chi connectivity index (χ2v) is 7.43. The highest BCUT2D eigenvalue weighted by Crippen LogP contribution is 2.20. The summed E-state index contributed by atoms with van der Waals surface area (Å²) in [5.41, 5.74) is 2.13. The van der Waals surface area contributed by atoms with Gasteiger partial charge in [-0.1, -0.05) is 13.0 Å². The minimum absolute atomic E-state index is 0.288. The van der Waals surface area contributed by atoms with Gasteiger partial charge in [-0.25, -0.2) is 8.42 Å². The van der Waals surface area contributed by atoms with E-state index in [2.05, 4.69) is 5.32 Å². The van der Waals surface area contributed by atoms with Gasteiger partial charge in [-0.05, 0) is 56.5 Å². The Balaban J connectivity index is 2.23. The van der Waals surface area contributed by atoms with Crippen molar-refractivity contribution in [2.45, 2.75) is 44.6 Å². The van der Waals surface area contributed by atoms with E-state index in [-0.39, 0.29) is 6.04 Å². The Labute approximate surface area is 122 Å². The molecule has 0 saturated carbocycles. The fraction of sp³-hybridized carbons (Fsp3) is 0.600. The van der Waals surface area contributed by atoms with Crippen LogP contribution in [-0.4, -0.2) is 38.4 Å². The zero-order valence-corrected chi connectivity index (χ0v) is 13.3. The molecule has 1 aliphatic rings. The number of benzene rings is 1. The Morgan fingerprint density at radius 3 is 2.60 bits per heavy atom. The van der Waals surface area contributed by atoms with Crippen LogP contribution in [0.5, 0.6) is 0 Å². The third kappa shape index (κ3) is 3.22. The van der Waals surface area contributed by atoms with Crippen LogP contribution in [0.3, 0.4) is 0 Å². The molecule has 20 heavy (non-hydrogen) atoms. The van der Waals surface area contributed by atoms with E-state index in [9.17, 15) is 8.42 Å². The topological polar surface area (TPSA) is 49.4 Å². The number of nitrogens with zero attached hydrogens (tertiary/aromatic N) is 1. The molecule has 0 spiro atoms. The maximum atomic E-state index is 12.7. The van der Waals surface area contributed by atoms with E-state index < -0.39 is 10.0 Å². The molecule has 0 bridgehead atoms. The number of hydrogen-bond acceptors (Lipinski definition) is 3. The third-order valence-electron chi connectivity index (χ3n) is 4.06. The number of nitrogens with one attached hydrogen (secondary N) is 1. The number of sulfonamides is 1. The van der Waals surface area contributed by atoms with Crippen molar-refractivity contribution in [3.8, 4) is 0 Å². The molecule has 0 amide bonds. The first-order valence-corrected chi connectivity index (χ1v) is 8.70. The lowest BCUT2D eigenvalue weighted by Gasteiger charge is -2.24. The predicted molar refractivity (Wildman–Crippen MR) is 81.4 cm³/mol. The van der Waals surface area contributed by atoms with Gasteiger partial charge in [0.1, 0.15) is 0 Å². The summed E-state index contributed by atoms with van der Waals surface area (Å²) in [6.45, 7) is 7.90. The fourth-order valence-corrected chi connectivity index (χ4v) is 4.16. The van der Waals surface area contributed by atoms with Gasteiger partial charge in [0.15, 0.2) is 0 Å². The first kappa shape index (κ1) is 15.5. The normalized spacial score (nSPS) is 19.7. The van der Waals surface area contributed by atoms with Crippen LogP contribution in [-0.2, 0) is 10.0 Å². The summed E-state index contributed by atoms with van der Waals surface area (Å²) in [4.78, 5) is 0.403. The lowest BCUT2D eigenvalue weighted by molar-refractivity contribution is 0.383. The van der Waals surface area contributed by atoms with Crippen LogP contribution in [0, 0.1) is 13.8 Å². The summed E-state index contributed by atoms with van der Waals surface area (Å²) in [5.74, 6) is 0. The summed E-state index contributed by atoms with van der Waals surface area (Å²) in [7, 11) is -3.38. The van der Waals surface area contributed by atoms with Crippen molar-refractivity contribution in [2.75, 3.05) is 19.6 Å². The minimum Gasteiger partial charge on any atom is -0.313 e. The summed E-state index contributed by atoms with van der Waals surface area (Å²) in [5, 5.41) is 3.36. The molecule has 1 saturated heterocycles. The second kappa shape index (κ2) is 6.24. The maximum Gasteiger partial charge on any atom is 0.243 e. The Morgan fingerprint density at radius 2 is 2.05 bits per heavy atom. The molecule has 112 valence electrons. The molecule has 1 aromatic carbocycles. The van der Waals surface area contributed by atoms with Crippen LogP contribution in [0.2, 0.25) is 0 Å². The molecule has 1 fully saturated rings. The Morgan fingerprint density at radius 1 is 1.30 bits per heavy atom. The standard InChI is InChI=1S/C15H24N2O2S/c1-4-17(11-14-6-5-9-16-14)20(18,19)15-8-7-12(2)13(3)10-15/h7-8,10,14,16H,4-6,9,11H2,1-3H3. The lowest BCUT2D eigenvalue weighted by atomic mass is 10.1. The first-order valence-electron chi connectivity index (χ1n) is 7.26. The molecule has 0 radical (unpaired) electrons. The van der Waals surface area contributed by atoms with Gasteiger partial charge in [0, 0.05) is 19.1 Å². The Hall–Kier alpha value is -0.910. The van der Waals surface area contributed by atoms with Gasteiger partial charge < -0.3 is 5.32 Å². The Kier molecular flexibility index (Phi) is 4.83. The van der Waals surface area contributed by atoms with Crippen molar-refractivity contribution in [2.24, 2.45) is 0 Å². The average molecular weight is 296 g/mol. The molecule has 4 nitrogen and oxygen atoms in total. The van der Waals surface area contributed by atoms with E-state index in [0.29, 0.717) is 18.0 Å². The predicted octanol–water partition coefficient (Wildman–Crippen LogP) is 2.07. The Bertz CT molecular complexity index is 563. The van der Waals surface area contributed by atoms with E-state index in [1.807, 2.05) is 26.8 Å². The van der Waals surface area contributed by atoms with Crippen LogP contribution in [0.15, 0.2) is 23.1 Å². The molecule has 1 aromatic rings. The molecule has 1 heterocycles. The third-order valence-corrected chi connectivity index (χ3v) is 5.99. The average Bonchev–Trinajstić information content (AvgIpc) is 2.91. The fourth-order valence-electron chi connectivity index (χ4n) is 2.58. The summed E-state index contributed by atoms with van der Waals surface area (Å²) in [6, 6.07) is 5.65. The number of likely N-dealkylation sites (N-methyl/N-ethyl adjacent to an activating group) is 1. The van der Waals surface area contributed by atoms with E-state index in [0.717, 1.165) is 30.5 Å². The highest BCUT2D eigenvalue weighted by Gasteiger charge is 2.27. The molecule has 1 aliphatic heterocycles. The van der Waals surface area contributed by atoms with Crippen molar-refractivity contribution in [3.63, 3.8) is 0 Å². The summed E-state index contributed by atoms with van der Waals surface area (Å²) in [6.07, 6.45) is 2.19. The van der Waals surface area contributed by atoms with Crippen LogP contribution >= 0.6 is 0 Å². The monoisotopic (exact) mass is 296 g/mol. The maximum absolute atomic E-state index is 12.7. The first-order chi connectivity index (χ1) is 9.45. The van der Waals surface area contributed by atoms with Crippen LogP contribution < -0.4 is 5.32 Å². The SMILES string of the molecule is CCN(CC1CCCN1)S(=O)(=O)c1ccc(C)c(C)c1. The van der Waals surface area contributed by atoms with Crippen LogP contribution in [0.1, 0.15) is 30.9 Å². The van der Waals surface area contributed by atoms with E-state index in [1.54, 1.807) is 16.4 Å². The summed E-state index contributed by atoms with van der Waals surface area (Å²) >= 11 is 0. The van der Waals surface area contributed by atoms with Gasteiger partial charge in [-0.2, -0.15) is 4.31 Å². The molecule has 1 atom stereocenters. The van der Waals surface area contributed by atoms with Crippen molar-refractivity contribution < 1.29 is 8.42 Å². The van der Waals surface area contributed by atoms with Gasteiger partial charge in [0.2, 0.25) is 10.0 Å². The zero-order chi connectivity index (χ0) is 14.8. The lowest BCUT2D eigenvalue weighted by Crippen LogP contribution is -2.40. The number of aryl methyl sites for hydroxylation is 2. The van der Waals surface area contributed by atoms with Gasteiger partial charge in [0.25, 0.3) is 0 Å². The largest absolute Gasteiger partial charge is 0.313 e. The molecular weight excluding hydrogens is 272 g/mol. The van der Waals surface area contributed by atoms with E-state index in [4.69, 9.17) is 0 Å². The van der Waals surface area contributed by atoms with E-state index in [1.165, 1.54) is 0 Å². The van der Waals surface area contributed by atoms with E-state index >= 15 is 0 Å². The van der Waals surface area contributed by atoms with Crippen molar-refractivity contribution in [3.05, 3.63) is 29.3 Å². The molecule has 0 aliphatic carbocycles. The van der Waals surface area contributed by atoms with Gasteiger partial charge in [0.05, 0.1) is 4.90 Å². The molecule has 1 N–H and O–H groups in total. The molecule has 1 unspecified atom stereocenters. The van der Waals surface area contributed by atoms with Crippen LogP contribution in [0.25, 0.3) is 0 Å². The number of hydrogen-bond donors (Lipinski definition) is 1. The van der Waals surface area contributed by atoms with Gasteiger partial charge >= 0.3 is 0 Å². The second-order valence-electron chi connectivity index (χ2n) is 5.50. The van der Waals surface area contributed by atoms with Crippen LogP contribution in [0.4, 0.5) is 0 Å². The summed E-state index contributed by atoms with van der Waals surface area (Å²) < 4.78 is 27.0. The van der Waals surface area contributed by atoms with Crippen molar-refractivity contribution in [1.29, 1.82) is 0 Å². The minimum atomic E-state index is -3.38. The van der Waals surface area contributed by atoms with Gasteiger partial charge in [-0.3, -0.25) is 0 Å².